The van der Waals surface area contributed by atoms with E-state index in [1.807, 2.05) is 13.0 Å². The van der Waals surface area contributed by atoms with E-state index in [1.54, 1.807) is 47.4 Å². The number of nitrogens with zero attached hydrogens (tertiary/aromatic N) is 3. The highest BCUT2D eigenvalue weighted by molar-refractivity contribution is 9.10. The number of amides is 1. The van der Waals surface area contributed by atoms with Crippen LogP contribution in [0.4, 0.5) is 10.5 Å². The average molecular weight is 498 g/mol. The number of aromatic carboxylic acids is 1. The molecule has 1 amide bonds. The molecule has 3 N–H and O–H groups in total. The molecule has 0 fully saturated rings. The Bertz CT molecular complexity index is 1410. The fourth-order valence-corrected chi connectivity index (χ4v) is 3.48. The topological polar surface area (TPSA) is 139 Å². The Kier molecular flexibility index (Phi) is 5.73. The van der Waals surface area contributed by atoms with Crippen LogP contribution in [0, 0.1) is 6.92 Å². The van der Waals surface area contributed by atoms with Gasteiger partial charge in [0.1, 0.15) is 6.61 Å². The number of carbonyl (C=O) groups is 2. The minimum Gasteiger partial charge on any atom is -0.476 e. The number of aromatic nitrogens is 4. The summed E-state index contributed by atoms with van der Waals surface area (Å²) in [4.78, 5) is 45.8. The number of hydrogen-bond donors (Lipinski definition) is 3. The monoisotopic (exact) mass is 497 g/mol. The Balaban J connectivity index is 1.52. The number of nitrogens with one attached hydrogen (secondary N) is 2. The van der Waals surface area contributed by atoms with Gasteiger partial charge in [-0.25, -0.2) is 19.6 Å². The molecule has 10 nitrogen and oxygen atoms in total. The highest BCUT2D eigenvalue weighted by Gasteiger charge is 2.14. The molecule has 0 aliphatic heterocycles. The number of rotatable bonds is 5. The lowest BCUT2D eigenvalue weighted by Gasteiger charge is -2.09. The van der Waals surface area contributed by atoms with Crippen molar-refractivity contribution >= 4 is 44.7 Å². The largest absolute Gasteiger partial charge is 0.476 e. The van der Waals surface area contributed by atoms with Crippen molar-refractivity contribution in [3.63, 3.8) is 0 Å². The van der Waals surface area contributed by atoms with Gasteiger partial charge in [0.15, 0.2) is 0 Å². The molecule has 2 aromatic heterocycles. The number of aryl methyl sites for hydroxylation is 1. The van der Waals surface area contributed by atoms with Crippen LogP contribution in [0.15, 0.2) is 58.2 Å². The maximum absolute atomic E-state index is 12.0. The molecule has 32 heavy (non-hydrogen) atoms. The van der Waals surface area contributed by atoms with Crippen molar-refractivity contribution in [2.45, 2.75) is 13.5 Å². The van der Waals surface area contributed by atoms with Crippen LogP contribution in [0.2, 0.25) is 0 Å². The fraction of sp³-hybridized carbons (Fsp3) is 0.0952. The number of carbonyl (C=O) groups excluding carboxylic acids is 1. The molecule has 0 aliphatic carbocycles. The maximum Gasteiger partial charge on any atom is 0.412 e. The van der Waals surface area contributed by atoms with Crippen molar-refractivity contribution in [1.29, 1.82) is 0 Å². The van der Waals surface area contributed by atoms with Crippen LogP contribution in [0.3, 0.4) is 0 Å². The Morgan fingerprint density at radius 2 is 2.09 bits per heavy atom. The van der Waals surface area contributed by atoms with E-state index in [0.717, 1.165) is 10.0 Å². The van der Waals surface area contributed by atoms with Gasteiger partial charge in [-0.15, -0.1) is 0 Å². The second-order valence-corrected chi connectivity index (χ2v) is 7.77. The Hall–Kier alpha value is -3.99. The summed E-state index contributed by atoms with van der Waals surface area (Å²) in [5.41, 5.74) is 1.99. The van der Waals surface area contributed by atoms with Gasteiger partial charge in [-0.3, -0.25) is 10.1 Å². The van der Waals surface area contributed by atoms with E-state index < -0.39 is 23.3 Å². The van der Waals surface area contributed by atoms with Crippen molar-refractivity contribution in [3.05, 3.63) is 80.7 Å². The molecule has 0 unspecified atom stereocenters. The van der Waals surface area contributed by atoms with Gasteiger partial charge >= 0.3 is 12.1 Å². The molecule has 0 atom stereocenters. The molecule has 0 saturated carbocycles. The molecule has 4 rings (SSSR count). The Morgan fingerprint density at radius 3 is 2.84 bits per heavy atom. The number of carboxylic acid groups (broad SMARTS) is 1. The Morgan fingerprint density at radius 1 is 1.28 bits per heavy atom. The molecule has 4 aromatic rings. The van der Waals surface area contributed by atoms with Gasteiger partial charge in [-0.05, 0) is 42.8 Å². The maximum atomic E-state index is 12.0. The quantitative estimate of drug-likeness (QED) is 0.382. The number of hydrogen-bond acceptors (Lipinski definition) is 6. The van der Waals surface area contributed by atoms with E-state index in [4.69, 9.17) is 9.84 Å². The van der Waals surface area contributed by atoms with Crippen LogP contribution in [0.25, 0.3) is 16.7 Å². The smallest absolute Gasteiger partial charge is 0.412 e. The molecule has 162 valence electrons. The SMILES string of the molecule is Cc1cc2[nH]c(=O)c(C(=O)O)nc2cc1-n1cnc(COC(=O)Nc2cccc(Br)c2)c1. The summed E-state index contributed by atoms with van der Waals surface area (Å²) in [6, 6.07) is 10.5. The Labute approximate surface area is 189 Å². The lowest BCUT2D eigenvalue weighted by molar-refractivity contribution is 0.0688. The predicted octanol–water partition coefficient (Wildman–Crippen LogP) is 3.63. The molecular weight excluding hydrogens is 482 g/mol. The first-order valence-corrected chi connectivity index (χ1v) is 10.1. The number of aromatic amines is 1. The van der Waals surface area contributed by atoms with Gasteiger partial charge in [0.2, 0.25) is 5.69 Å². The third-order valence-electron chi connectivity index (χ3n) is 4.55. The highest BCUT2D eigenvalue weighted by atomic mass is 79.9. The minimum atomic E-state index is -1.40. The van der Waals surface area contributed by atoms with E-state index in [1.165, 1.54) is 0 Å². The fourth-order valence-electron chi connectivity index (χ4n) is 3.08. The second kappa shape index (κ2) is 8.63. The third kappa shape index (κ3) is 4.52. The van der Waals surface area contributed by atoms with E-state index >= 15 is 0 Å². The molecule has 0 saturated heterocycles. The second-order valence-electron chi connectivity index (χ2n) is 6.86. The minimum absolute atomic E-state index is 0.0474. The first kappa shape index (κ1) is 21.2. The van der Waals surface area contributed by atoms with Crippen LogP contribution in [-0.2, 0) is 11.3 Å². The number of anilines is 1. The van der Waals surface area contributed by atoms with Crippen LogP contribution in [0.5, 0.6) is 0 Å². The first-order valence-electron chi connectivity index (χ1n) is 9.31. The number of ether oxygens (including phenoxy) is 1. The van der Waals surface area contributed by atoms with Crippen molar-refractivity contribution < 1.29 is 19.4 Å². The van der Waals surface area contributed by atoms with Crippen molar-refractivity contribution in [1.82, 2.24) is 19.5 Å². The first-order chi connectivity index (χ1) is 15.3. The summed E-state index contributed by atoms with van der Waals surface area (Å²) >= 11 is 3.33. The van der Waals surface area contributed by atoms with Gasteiger partial charge in [0.05, 0.1) is 28.7 Å². The van der Waals surface area contributed by atoms with Gasteiger partial charge in [0, 0.05) is 16.4 Å². The summed E-state index contributed by atoms with van der Waals surface area (Å²) in [5.74, 6) is -1.40. The van der Waals surface area contributed by atoms with E-state index in [2.05, 4.69) is 36.2 Å². The summed E-state index contributed by atoms with van der Waals surface area (Å²) in [5, 5.41) is 11.8. The number of fused-ring (bicyclic) bond motifs is 1. The van der Waals surface area contributed by atoms with Gasteiger partial charge in [-0.1, -0.05) is 22.0 Å². The molecule has 0 aliphatic rings. The number of imidazole rings is 1. The van der Waals surface area contributed by atoms with E-state index in [0.29, 0.717) is 28.1 Å². The molecule has 2 aromatic carbocycles. The van der Waals surface area contributed by atoms with Gasteiger partial charge in [-0.2, -0.15) is 0 Å². The lowest BCUT2D eigenvalue weighted by Crippen LogP contribution is -2.20. The molecule has 0 radical (unpaired) electrons. The summed E-state index contributed by atoms with van der Waals surface area (Å²) < 4.78 is 7.75. The standard InChI is InChI=1S/C21H16BrN5O5/c1-11-5-15-16(25-18(20(29)30)19(28)26-15)7-17(11)27-8-14(23-10-27)9-32-21(31)24-13-4-2-3-12(22)6-13/h2-8,10H,9H2,1H3,(H,24,31)(H,26,28)(H,29,30). The average Bonchev–Trinajstić information content (AvgIpc) is 3.20. The zero-order valence-electron chi connectivity index (χ0n) is 16.6. The number of H-pyrrole nitrogens is 1. The molecular formula is C21H16BrN5O5. The zero-order valence-corrected chi connectivity index (χ0v) is 18.2. The van der Waals surface area contributed by atoms with Gasteiger partial charge < -0.3 is 19.4 Å². The zero-order chi connectivity index (χ0) is 22.8. The van der Waals surface area contributed by atoms with Crippen LogP contribution in [0.1, 0.15) is 21.7 Å². The van der Waals surface area contributed by atoms with Crippen LogP contribution < -0.4 is 10.9 Å². The van der Waals surface area contributed by atoms with Crippen LogP contribution >= 0.6 is 15.9 Å². The molecule has 2 heterocycles. The number of halogens is 1. The number of benzene rings is 2. The van der Waals surface area contributed by atoms with Crippen molar-refractivity contribution in [3.8, 4) is 5.69 Å². The lowest BCUT2D eigenvalue weighted by atomic mass is 10.1. The molecule has 0 spiro atoms. The number of carboxylic acids is 1. The van der Waals surface area contributed by atoms with E-state index in [9.17, 15) is 14.4 Å². The highest BCUT2D eigenvalue weighted by Crippen LogP contribution is 2.21. The normalized spacial score (nSPS) is 10.8. The predicted molar refractivity (Wildman–Crippen MR) is 119 cm³/mol. The van der Waals surface area contributed by atoms with Crippen molar-refractivity contribution in [2.75, 3.05) is 5.32 Å². The summed E-state index contributed by atoms with van der Waals surface area (Å²) in [7, 11) is 0. The van der Waals surface area contributed by atoms with E-state index in [-0.39, 0.29) is 6.61 Å². The van der Waals surface area contributed by atoms with Crippen LogP contribution in [-0.4, -0.2) is 36.7 Å². The summed E-state index contributed by atoms with van der Waals surface area (Å²) in [6.07, 6.45) is 2.61. The van der Waals surface area contributed by atoms with Gasteiger partial charge in [0.25, 0.3) is 5.56 Å². The van der Waals surface area contributed by atoms with Crippen molar-refractivity contribution in [2.24, 2.45) is 0 Å². The molecule has 11 heteroatoms. The third-order valence-corrected chi connectivity index (χ3v) is 5.04. The summed E-state index contributed by atoms with van der Waals surface area (Å²) in [6.45, 7) is 1.79. The molecule has 0 bridgehead atoms.